The fourth-order valence-electron chi connectivity index (χ4n) is 2.68. The number of nitrogens with zero attached hydrogens (tertiary/aromatic N) is 2. The van der Waals surface area contributed by atoms with Gasteiger partial charge in [0.15, 0.2) is 0 Å². The van der Waals surface area contributed by atoms with Crippen LogP contribution in [0.2, 0.25) is 0 Å². The summed E-state index contributed by atoms with van der Waals surface area (Å²) < 4.78 is 5.99. The Morgan fingerprint density at radius 1 is 1.29 bits per heavy atom. The average molecular weight is 242 g/mol. The minimum atomic E-state index is 0.400. The third kappa shape index (κ3) is 4.94. The zero-order valence-corrected chi connectivity index (χ0v) is 12.1. The molecule has 1 aliphatic heterocycles. The molecule has 3 nitrogen and oxygen atoms in total. The van der Waals surface area contributed by atoms with Gasteiger partial charge >= 0.3 is 0 Å². The SMILES string of the molecule is CCCCC1C(CN(C)CCC)OCCN1C. The van der Waals surface area contributed by atoms with Crippen molar-refractivity contribution < 1.29 is 4.74 Å². The molecule has 2 unspecified atom stereocenters. The first-order valence-electron chi connectivity index (χ1n) is 7.19. The Balaban J connectivity index is 2.46. The Hall–Kier alpha value is -0.120. The first-order chi connectivity index (χ1) is 8.19. The van der Waals surface area contributed by atoms with Gasteiger partial charge in [0, 0.05) is 19.1 Å². The van der Waals surface area contributed by atoms with Gasteiger partial charge in [0.25, 0.3) is 0 Å². The van der Waals surface area contributed by atoms with Crippen molar-refractivity contribution in [3.05, 3.63) is 0 Å². The van der Waals surface area contributed by atoms with E-state index in [1.807, 2.05) is 0 Å². The van der Waals surface area contributed by atoms with Crippen molar-refractivity contribution in [2.75, 3.05) is 40.3 Å². The van der Waals surface area contributed by atoms with Crippen LogP contribution in [-0.2, 0) is 4.74 Å². The van der Waals surface area contributed by atoms with Crippen LogP contribution >= 0.6 is 0 Å². The van der Waals surface area contributed by atoms with Gasteiger partial charge in [-0.1, -0.05) is 26.7 Å². The Morgan fingerprint density at radius 2 is 2.06 bits per heavy atom. The van der Waals surface area contributed by atoms with Crippen molar-refractivity contribution in [3.8, 4) is 0 Å². The molecule has 0 N–H and O–H groups in total. The minimum Gasteiger partial charge on any atom is -0.374 e. The van der Waals surface area contributed by atoms with E-state index in [1.54, 1.807) is 0 Å². The molecule has 0 aliphatic carbocycles. The molecule has 1 saturated heterocycles. The number of likely N-dealkylation sites (N-methyl/N-ethyl adjacent to an activating group) is 2. The lowest BCUT2D eigenvalue weighted by atomic mass is 10.0. The molecular weight excluding hydrogens is 212 g/mol. The van der Waals surface area contributed by atoms with E-state index in [9.17, 15) is 0 Å². The molecular formula is C14H30N2O. The van der Waals surface area contributed by atoms with E-state index in [0.717, 1.165) is 19.7 Å². The van der Waals surface area contributed by atoms with E-state index in [2.05, 4.69) is 37.7 Å². The highest BCUT2D eigenvalue weighted by atomic mass is 16.5. The molecule has 0 spiro atoms. The zero-order valence-electron chi connectivity index (χ0n) is 12.1. The van der Waals surface area contributed by atoms with Gasteiger partial charge in [-0.25, -0.2) is 0 Å². The number of hydrogen-bond donors (Lipinski definition) is 0. The number of morpholine rings is 1. The molecule has 0 aromatic rings. The Labute approximate surface area is 107 Å². The van der Waals surface area contributed by atoms with Gasteiger partial charge in [-0.2, -0.15) is 0 Å². The number of unbranched alkanes of at least 4 members (excludes halogenated alkanes) is 1. The summed E-state index contributed by atoms with van der Waals surface area (Å²) in [5.74, 6) is 0. The molecule has 0 radical (unpaired) electrons. The zero-order chi connectivity index (χ0) is 12.7. The molecule has 2 atom stereocenters. The molecule has 1 fully saturated rings. The van der Waals surface area contributed by atoms with Crippen molar-refractivity contribution in [2.24, 2.45) is 0 Å². The van der Waals surface area contributed by atoms with E-state index >= 15 is 0 Å². The van der Waals surface area contributed by atoms with Gasteiger partial charge < -0.3 is 9.64 Å². The Morgan fingerprint density at radius 3 is 2.71 bits per heavy atom. The third-order valence-electron chi connectivity index (χ3n) is 3.72. The highest BCUT2D eigenvalue weighted by Gasteiger charge is 2.29. The summed E-state index contributed by atoms with van der Waals surface area (Å²) in [4.78, 5) is 4.90. The normalized spacial score (nSPS) is 26.6. The summed E-state index contributed by atoms with van der Waals surface area (Å²) in [6.45, 7) is 8.73. The van der Waals surface area contributed by atoms with E-state index in [1.165, 1.54) is 32.2 Å². The average Bonchev–Trinajstić information content (AvgIpc) is 2.28. The second kappa shape index (κ2) is 8.06. The molecule has 0 amide bonds. The number of hydrogen-bond acceptors (Lipinski definition) is 3. The second-order valence-corrected chi connectivity index (χ2v) is 5.36. The van der Waals surface area contributed by atoms with Gasteiger partial charge in [-0.3, -0.25) is 4.90 Å². The first-order valence-corrected chi connectivity index (χ1v) is 7.19. The van der Waals surface area contributed by atoms with Crippen LogP contribution < -0.4 is 0 Å². The third-order valence-corrected chi connectivity index (χ3v) is 3.72. The van der Waals surface area contributed by atoms with Gasteiger partial charge in [0.1, 0.15) is 0 Å². The summed E-state index contributed by atoms with van der Waals surface area (Å²) in [5.41, 5.74) is 0. The van der Waals surface area contributed by atoms with Gasteiger partial charge in [-0.15, -0.1) is 0 Å². The van der Waals surface area contributed by atoms with Crippen molar-refractivity contribution in [1.82, 2.24) is 9.80 Å². The van der Waals surface area contributed by atoms with Gasteiger partial charge in [-0.05, 0) is 33.5 Å². The van der Waals surface area contributed by atoms with Crippen molar-refractivity contribution >= 4 is 0 Å². The second-order valence-electron chi connectivity index (χ2n) is 5.36. The smallest absolute Gasteiger partial charge is 0.0857 e. The van der Waals surface area contributed by atoms with Gasteiger partial charge in [0.2, 0.25) is 0 Å². The minimum absolute atomic E-state index is 0.400. The van der Waals surface area contributed by atoms with E-state index < -0.39 is 0 Å². The van der Waals surface area contributed by atoms with Crippen LogP contribution in [0.1, 0.15) is 39.5 Å². The summed E-state index contributed by atoms with van der Waals surface area (Å²) >= 11 is 0. The fourth-order valence-corrected chi connectivity index (χ4v) is 2.68. The van der Waals surface area contributed by atoms with Crippen molar-refractivity contribution in [1.29, 1.82) is 0 Å². The molecule has 0 aromatic carbocycles. The summed E-state index contributed by atoms with van der Waals surface area (Å²) in [5, 5.41) is 0. The maximum absolute atomic E-state index is 5.99. The maximum atomic E-state index is 5.99. The Bertz CT molecular complexity index is 199. The lowest BCUT2D eigenvalue weighted by molar-refractivity contribution is -0.0745. The molecule has 17 heavy (non-hydrogen) atoms. The maximum Gasteiger partial charge on any atom is 0.0857 e. The van der Waals surface area contributed by atoms with Crippen LogP contribution in [0.15, 0.2) is 0 Å². The van der Waals surface area contributed by atoms with Crippen molar-refractivity contribution in [2.45, 2.75) is 51.7 Å². The Kier molecular flexibility index (Phi) is 7.09. The number of rotatable bonds is 7. The molecule has 3 heteroatoms. The quantitative estimate of drug-likeness (QED) is 0.681. The molecule has 0 saturated carbocycles. The summed E-state index contributed by atoms with van der Waals surface area (Å²) in [6.07, 6.45) is 5.49. The lowest BCUT2D eigenvalue weighted by Crippen LogP contribution is -2.53. The number of ether oxygens (including phenoxy) is 1. The van der Waals surface area contributed by atoms with Crippen LogP contribution in [0.3, 0.4) is 0 Å². The molecule has 1 heterocycles. The molecule has 1 rings (SSSR count). The molecule has 1 aliphatic rings. The highest BCUT2D eigenvalue weighted by Crippen LogP contribution is 2.19. The highest BCUT2D eigenvalue weighted by molar-refractivity contribution is 4.84. The van der Waals surface area contributed by atoms with Crippen LogP contribution in [-0.4, -0.2) is 62.3 Å². The van der Waals surface area contributed by atoms with Crippen LogP contribution in [0.4, 0.5) is 0 Å². The monoisotopic (exact) mass is 242 g/mol. The van der Waals surface area contributed by atoms with E-state index in [4.69, 9.17) is 4.74 Å². The predicted molar refractivity (Wildman–Crippen MR) is 73.5 cm³/mol. The van der Waals surface area contributed by atoms with E-state index in [-0.39, 0.29) is 0 Å². The molecule has 102 valence electrons. The topological polar surface area (TPSA) is 15.7 Å². The van der Waals surface area contributed by atoms with Crippen molar-refractivity contribution in [3.63, 3.8) is 0 Å². The van der Waals surface area contributed by atoms with Crippen LogP contribution in [0.25, 0.3) is 0 Å². The molecule has 0 bridgehead atoms. The largest absolute Gasteiger partial charge is 0.374 e. The molecule has 0 aromatic heterocycles. The summed E-state index contributed by atoms with van der Waals surface area (Å²) in [6, 6.07) is 0.614. The van der Waals surface area contributed by atoms with Crippen LogP contribution in [0.5, 0.6) is 0 Å². The summed E-state index contributed by atoms with van der Waals surface area (Å²) in [7, 11) is 4.45. The fraction of sp³-hybridized carbons (Fsp3) is 1.00. The standard InChI is InChI=1S/C14H30N2O/c1-5-7-8-13-14(12-15(3)9-6-2)17-11-10-16(13)4/h13-14H,5-12H2,1-4H3. The predicted octanol–water partition coefficient (Wildman–Crippen LogP) is 2.22. The lowest BCUT2D eigenvalue weighted by Gasteiger charge is -2.40. The van der Waals surface area contributed by atoms with Gasteiger partial charge in [0.05, 0.1) is 12.7 Å². The van der Waals surface area contributed by atoms with E-state index in [0.29, 0.717) is 12.1 Å². The van der Waals surface area contributed by atoms with Crippen LogP contribution in [0, 0.1) is 0 Å². The first kappa shape index (κ1) is 14.9.